The first-order valence-electron chi connectivity index (χ1n) is 6.11. The molecule has 0 aromatic carbocycles. The summed E-state index contributed by atoms with van der Waals surface area (Å²) >= 11 is 6.89. The maximum Gasteiger partial charge on any atom is 0.233 e. The number of thioether (sulfide) groups is 1. The molecule has 0 heterocycles. The average molecular weight is 274 g/mol. The molecule has 5 heteroatoms. The summed E-state index contributed by atoms with van der Waals surface area (Å²) in [7, 11) is 0. The minimum absolute atomic E-state index is 0.0207. The fourth-order valence-electron chi connectivity index (χ4n) is 2.33. The third-order valence-electron chi connectivity index (χ3n) is 3.25. The molecule has 1 aliphatic carbocycles. The maximum atomic E-state index is 12.2. The number of rotatable bonds is 6. The van der Waals surface area contributed by atoms with Crippen LogP contribution < -0.4 is 11.1 Å². The van der Waals surface area contributed by atoms with Gasteiger partial charge in [0.05, 0.1) is 10.4 Å². The molecule has 1 saturated carbocycles. The Hall–Kier alpha value is -0.290. The van der Waals surface area contributed by atoms with Crippen molar-refractivity contribution in [1.82, 2.24) is 5.32 Å². The van der Waals surface area contributed by atoms with Gasteiger partial charge in [0, 0.05) is 11.8 Å². The van der Waals surface area contributed by atoms with E-state index in [-0.39, 0.29) is 11.9 Å². The van der Waals surface area contributed by atoms with Crippen LogP contribution in [0.25, 0.3) is 0 Å². The Labute approximate surface area is 113 Å². The van der Waals surface area contributed by atoms with Crippen LogP contribution >= 0.6 is 24.0 Å². The van der Waals surface area contributed by atoms with Crippen LogP contribution in [0.4, 0.5) is 0 Å². The van der Waals surface area contributed by atoms with Crippen LogP contribution in [-0.4, -0.2) is 28.4 Å². The van der Waals surface area contributed by atoms with E-state index in [0.29, 0.717) is 10.9 Å². The lowest BCUT2D eigenvalue weighted by atomic mass is 9.62. The molecule has 98 valence electrons. The van der Waals surface area contributed by atoms with Gasteiger partial charge in [-0.15, -0.1) is 0 Å². The first-order chi connectivity index (χ1) is 7.92. The van der Waals surface area contributed by atoms with Gasteiger partial charge in [0.25, 0.3) is 0 Å². The molecule has 1 unspecified atom stereocenters. The van der Waals surface area contributed by atoms with Crippen molar-refractivity contribution >= 4 is 34.9 Å². The molecule has 0 saturated heterocycles. The molecule has 17 heavy (non-hydrogen) atoms. The van der Waals surface area contributed by atoms with Gasteiger partial charge in [-0.3, -0.25) is 4.79 Å². The number of hydrogen-bond acceptors (Lipinski definition) is 3. The molecule has 1 amide bonds. The van der Waals surface area contributed by atoms with Gasteiger partial charge in [-0.2, -0.15) is 11.8 Å². The zero-order valence-corrected chi connectivity index (χ0v) is 12.4. The van der Waals surface area contributed by atoms with Gasteiger partial charge in [-0.1, -0.05) is 26.1 Å². The van der Waals surface area contributed by atoms with Gasteiger partial charge in [0.15, 0.2) is 0 Å². The van der Waals surface area contributed by atoms with E-state index in [0.717, 1.165) is 24.3 Å². The van der Waals surface area contributed by atoms with Crippen molar-refractivity contribution in [2.24, 2.45) is 17.1 Å². The number of carbonyl (C=O) groups is 1. The molecule has 1 rings (SSSR count). The summed E-state index contributed by atoms with van der Waals surface area (Å²) in [5.74, 6) is 2.57. The minimum Gasteiger partial charge on any atom is -0.392 e. The monoisotopic (exact) mass is 274 g/mol. The number of thiocarbonyl (C=S) groups is 1. The summed E-state index contributed by atoms with van der Waals surface area (Å²) in [4.78, 5) is 12.6. The smallest absolute Gasteiger partial charge is 0.233 e. The van der Waals surface area contributed by atoms with Gasteiger partial charge >= 0.3 is 0 Å². The van der Waals surface area contributed by atoms with E-state index in [1.54, 1.807) is 0 Å². The molecular weight excluding hydrogens is 252 g/mol. The van der Waals surface area contributed by atoms with Gasteiger partial charge in [-0.05, 0) is 31.4 Å². The van der Waals surface area contributed by atoms with Crippen molar-refractivity contribution in [1.29, 1.82) is 0 Å². The fraction of sp³-hybridized carbons (Fsp3) is 0.833. The number of amides is 1. The molecule has 1 atom stereocenters. The highest BCUT2D eigenvalue weighted by Gasteiger charge is 2.50. The van der Waals surface area contributed by atoms with Crippen molar-refractivity contribution in [3.05, 3.63) is 0 Å². The van der Waals surface area contributed by atoms with E-state index in [2.05, 4.69) is 19.2 Å². The van der Waals surface area contributed by atoms with Crippen molar-refractivity contribution in [2.45, 2.75) is 39.7 Å². The van der Waals surface area contributed by atoms with Crippen LogP contribution in [0, 0.1) is 11.3 Å². The summed E-state index contributed by atoms with van der Waals surface area (Å²) in [6, 6.07) is 0.176. The third-order valence-corrected chi connectivity index (χ3v) is 4.78. The van der Waals surface area contributed by atoms with Gasteiger partial charge in [0.1, 0.15) is 0 Å². The van der Waals surface area contributed by atoms with E-state index < -0.39 is 5.41 Å². The highest BCUT2D eigenvalue weighted by atomic mass is 32.2. The van der Waals surface area contributed by atoms with Crippen molar-refractivity contribution < 1.29 is 4.79 Å². The molecule has 1 fully saturated rings. The van der Waals surface area contributed by atoms with E-state index in [1.165, 1.54) is 0 Å². The number of carbonyl (C=O) groups excluding carboxylic acids is 1. The standard InChI is InChI=1S/C12H22N2OS2/c1-4-17-7-9(3)14-11(15)12(10(13)16)5-8(2)6-12/h8-9H,4-7H2,1-3H3,(H2,13,16)(H,14,15). The lowest BCUT2D eigenvalue weighted by Gasteiger charge is -2.44. The topological polar surface area (TPSA) is 55.1 Å². The molecular formula is C12H22N2OS2. The number of nitrogens with one attached hydrogen (secondary N) is 1. The number of hydrogen-bond donors (Lipinski definition) is 2. The Balaban J connectivity index is 2.53. The second-order valence-corrected chi connectivity index (χ2v) is 6.75. The molecule has 0 spiro atoms. The van der Waals surface area contributed by atoms with E-state index in [9.17, 15) is 4.79 Å². The van der Waals surface area contributed by atoms with Crippen molar-refractivity contribution in [3.8, 4) is 0 Å². The molecule has 0 aliphatic heterocycles. The quantitative estimate of drug-likeness (QED) is 0.727. The van der Waals surface area contributed by atoms with Crippen LogP contribution in [-0.2, 0) is 4.79 Å². The minimum atomic E-state index is -0.570. The molecule has 3 N–H and O–H groups in total. The largest absolute Gasteiger partial charge is 0.392 e. The molecule has 1 aliphatic rings. The van der Waals surface area contributed by atoms with Crippen molar-refractivity contribution in [2.75, 3.05) is 11.5 Å². The van der Waals surface area contributed by atoms with Crippen LogP contribution in [0.3, 0.4) is 0 Å². The Morgan fingerprint density at radius 1 is 1.65 bits per heavy atom. The van der Waals surface area contributed by atoms with Crippen molar-refractivity contribution in [3.63, 3.8) is 0 Å². The van der Waals surface area contributed by atoms with E-state index in [1.807, 2.05) is 18.7 Å². The highest BCUT2D eigenvalue weighted by molar-refractivity contribution is 7.99. The first-order valence-corrected chi connectivity index (χ1v) is 7.67. The summed E-state index contributed by atoms with van der Waals surface area (Å²) in [6.07, 6.45) is 1.59. The summed E-state index contributed by atoms with van der Waals surface area (Å²) in [6.45, 7) is 6.26. The highest BCUT2D eigenvalue weighted by Crippen LogP contribution is 2.46. The molecule has 0 bridgehead atoms. The zero-order valence-electron chi connectivity index (χ0n) is 10.8. The molecule has 0 aromatic heterocycles. The predicted octanol–water partition coefficient (Wildman–Crippen LogP) is 1.95. The molecule has 0 aromatic rings. The van der Waals surface area contributed by atoms with Crippen LogP contribution in [0.1, 0.15) is 33.6 Å². The zero-order chi connectivity index (χ0) is 13.1. The first kappa shape index (κ1) is 14.8. The van der Waals surface area contributed by atoms with E-state index in [4.69, 9.17) is 18.0 Å². The third kappa shape index (κ3) is 3.35. The number of nitrogens with two attached hydrogens (primary N) is 1. The Kier molecular flexibility index (Phi) is 5.25. The average Bonchev–Trinajstić information content (AvgIpc) is 2.20. The Morgan fingerprint density at radius 3 is 2.65 bits per heavy atom. The Morgan fingerprint density at radius 2 is 2.24 bits per heavy atom. The second kappa shape index (κ2) is 6.05. The van der Waals surface area contributed by atoms with Crippen LogP contribution in [0.5, 0.6) is 0 Å². The maximum absolute atomic E-state index is 12.2. The normalized spacial score (nSPS) is 29.2. The fourth-order valence-corrected chi connectivity index (χ4v) is 3.26. The molecule has 3 nitrogen and oxygen atoms in total. The Bertz CT molecular complexity index is 301. The summed E-state index contributed by atoms with van der Waals surface area (Å²) in [5.41, 5.74) is 5.17. The second-order valence-electron chi connectivity index (χ2n) is 4.99. The SMILES string of the molecule is CCSCC(C)NC(=O)C1(C(N)=S)CC(C)C1. The van der Waals surface area contributed by atoms with Gasteiger partial charge in [0.2, 0.25) is 5.91 Å². The summed E-state index contributed by atoms with van der Waals surface area (Å²) in [5, 5.41) is 3.03. The molecule has 0 radical (unpaired) electrons. The van der Waals surface area contributed by atoms with Gasteiger partial charge < -0.3 is 11.1 Å². The summed E-state index contributed by atoms with van der Waals surface area (Å²) < 4.78 is 0. The van der Waals surface area contributed by atoms with Crippen LogP contribution in [0.2, 0.25) is 0 Å². The lowest BCUT2D eigenvalue weighted by molar-refractivity contribution is -0.133. The van der Waals surface area contributed by atoms with E-state index >= 15 is 0 Å². The van der Waals surface area contributed by atoms with Crippen LogP contribution in [0.15, 0.2) is 0 Å². The van der Waals surface area contributed by atoms with Gasteiger partial charge in [-0.25, -0.2) is 0 Å². The predicted molar refractivity (Wildman–Crippen MR) is 78.2 cm³/mol. The lowest BCUT2D eigenvalue weighted by Crippen LogP contribution is -2.57.